The van der Waals surface area contributed by atoms with Gasteiger partial charge in [0, 0.05) is 21.0 Å². The number of anilines is 1. The Morgan fingerprint density at radius 2 is 1.88 bits per heavy atom. The topological polar surface area (TPSA) is 91.2 Å². The van der Waals surface area contributed by atoms with Crippen molar-refractivity contribution >= 4 is 39.1 Å². The summed E-state index contributed by atoms with van der Waals surface area (Å²) in [4.78, 5) is 26.5. The molecule has 10 heteroatoms. The first kappa shape index (κ1) is 20.6. The van der Waals surface area contributed by atoms with Gasteiger partial charge < -0.3 is 15.1 Å². The van der Waals surface area contributed by atoms with Crippen LogP contribution in [0.15, 0.2) is 23.1 Å². The number of halogens is 1. The number of benzene rings is 1. The molecule has 1 aliphatic rings. The van der Waals surface area contributed by atoms with Crippen LogP contribution in [0.25, 0.3) is 0 Å². The van der Waals surface area contributed by atoms with Crippen LogP contribution in [0.5, 0.6) is 0 Å². The van der Waals surface area contributed by atoms with Gasteiger partial charge in [-0.15, -0.1) is 0 Å². The number of sulfonamides is 1. The van der Waals surface area contributed by atoms with E-state index < -0.39 is 10.0 Å². The van der Waals surface area contributed by atoms with Gasteiger partial charge in [-0.1, -0.05) is 11.6 Å². The van der Waals surface area contributed by atoms with E-state index in [4.69, 9.17) is 11.6 Å². The quantitative estimate of drug-likeness (QED) is 0.678. The molecule has 0 aromatic heterocycles. The minimum Gasteiger partial charge on any atom is -0.332 e. The lowest BCUT2D eigenvalue weighted by molar-refractivity contribution is -0.895. The highest BCUT2D eigenvalue weighted by Gasteiger charge is 2.24. The maximum atomic E-state index is 12.3. The van der Waals surface area contributed by atoms with Gasteiger partial charge in [0.15, 0.2) is 6.54 Å². The highest BCUT2D eigenvalue weighted by molar-refractivity contribution is 7.89. The van der Waals surface area contributed by atoms with Crippen molar-refractivity contribution in [3.63, 3.8) is 0 Å². The maximum absolute atomic E-state index is 12.3. The molecule has 144 valence electrons. The van der Waals surface area contributed by atoms with Gasteiger partial charge >= 0.3 is 0 Å². The van der Waals surface area contributed by atoms with Crippen LogP contribution in [-0.2, 0) is 19.6 Å². The highest BCUT2D eigenvalue weighted by Crippen LogP contribution is 2.26. The lowest BCUT2D eigenvalue weighted by atomic mass is 10.3. The number of amides is 2. The van der Waals surface area contributed by atoms with Gasteiger partial charge in [0.1, 0.15) is 0 Å². The predicted molar refractivity (Wildman–Crippen MR) is 98.8 cm³/mol. The number of carbonyl (C=O) groups is 2. The van der Waals surface area contributed by atoms with Gasteiger partial charge in [0.25, 0.3) is 5.91 Å². The number of rotatable bonds is 5. The molecular weight excluding hydrogens is 380 g/mol. The van der Waals surface area contributed by atoms with Crippen LogP contribution in [0.1, 0.15) is 6.92 Å². The number of piperazine rings is 1. The van der Waals surface area contributed by atoms with E-state index in [1.807, 2.05) is 0 Å². The monoisotopic (exact) mass is 403 g/mol. The van der Waals surface area contributed by atoms with Crippen LogP contribution in [0, 0.1) is 0 Å². The first-order valence-corrected chi connectivity index (χ1v) is 10.0. The van der Waals surface area contributed by atoms with Gasteiger partial charge in [-0.25, -0.2) is 12.7 Å². The summed E-state index contributed by atoms with van der Waals surface area (Å²) in [6.07, 6.45) is 0. The summed E-state index contributed by atoms with van der Waals surface area (Å²) in [5.74, 6) is -0.211. The third-order valence-electron chi connectivity index (χ3n) is 4.32. The van der Waals surface area contributed by atoms with Gasteiger partial charge in [0.05, 0.1) is 41.8 Å². The molecule has 1 aromatic carbocycles. The Morgan fingerprint density at radius 1 is 1.27 bits per heavy atom. The predicted octanol–water partition coefficient (Wildman–Crippen LogP) is -0.724. The average Bonchev–Trinajstić information content (AvgIpc) is 2.57. The Labute approximate surface area is 158 Å². The molecule has 0 atom stereocenters. The Kier molecular flexibility index (Phi) is 6.62. The molecular formula is C16H24ClN4O4S+. The van der Waals surface area contributed by atoms with E-state index in [1.54, 1.807) is 4.90 Å². The first-order valence-electron chi connectivity index (χ1n) is 8.22. The van der Waals surface area contributed by atoms with E-state index >= 15 is 0 Å². The standard InChI is InChI=1S/C16H23ClN4O4S/c1-12(22)21-8-6-20(7-9-21)11-16(23)18-15-10-13(4-5-14(15)17)26(24,25)19(2)3/h4-5,10H,6-9,11H2,1-3H3,(H,18,23)/p+1. The molecule has 8 nitrogen and oxygen atoms in total. The first-order chi connectivity index (χ1) is 12.1. The maximum Gasteiger partial charge on any atom is 0.279 e. The largest absolute Gasteiger partial charge is 0.332 e. The number of hydrogen-bond donors (Lipinski definition) is 2. The normalized spacial score (nSPS) is 16.0. The van der Waals surface area contributed by atoms with E-state index in [9.17, 15) is 18.0 Å². The molecule has 1 saturated heterocycles. The lowest BCUT2D eigenvalue weighted by Gasteiger charge is -2.31. The van der Waals surface area contributed by atoms with Gasteiger partial charge in [-0.05, 0) is 18.2 Å². The smallest absolute Gasteiger partial charge is 0.279 e. The summed E-state index contributed by atoms with van der Waals surface area (Å²) in [5.41, 5.74) is 0.265. The molecule has 0 bridgehead atoms. The minimum atomic E-state index is -3.61. The molecule has 2 N–H and O–H groups in total. The summed E-state index contributed by atoms with van der Waals surface area (Å²) in [5, 5.41) is 2.96. The Hall–Kier alpha value is -1.68. The molecule has 1 aromatic rings. The highest BCUT2D eigenvalue weighted by atomic mass is 35.5. The van der Waals surface area contributed by atoms with Crippen LogP contribution >= 0.6 is 11.6 Å². The summed E-state index contributed by atoms with van der Waals surface area (Å²) in [6.45, 7) is 4.39. The summed E-state index contributed by atoms with van der Waals surface area (Å²) >= 11 is 6.09. The van der Waals surface area contributed by atoms with Crippen LogP contribution in [0.4, 0.5) is 5.69 Å². The molecule has 0 spiro atoms. The second kappa shape index (κ2) is 8.34. The number of nitrogens with one attached hydrogen (secondary N) is 2. The van der Waals surface area contributed by atoms with Crippen LogP contribution in [-0.4, -0.2) is 76.3 Å². The van der Waals surface area contributed by atoms with Gasteiger partial charge in [-0.2, -0.15) is 0 Å². The minimum absolute atomic E-state index is 0.0409. The van der Waals surface area contributed by atoms with Crippen molar-refractivity contribution in [3.05, 3.63) is 23.2 Å². The number of nitrogens with zero attached hydrogens (tertiary/aromatic N) is 2. The second-order valence-electron chi connectivity index (χ2n) is 6.41. The molecule has 1 heterocycles. The Morgan fingerprint density at radius 3 is 2.42 bits per heavy atom. The molecule has 26 heavy (non-hydrogen) atoms. The fourth-order valence-corrected chi connectivity index (χ4v) is 3.80. The van der Waals surface area contributed by atoms with Crippen molar-refractivity contribution in [2.24, 2.45) is 0 Å². The SMILES string of the molecule is CC(=O)N1CC[NH+](CC(=O)Nc2cc(S(=O)(=O)N(C)C)ccc2Cl)CC1. The Balaban J connectivity index is 2.02. The van der Waals surface area contributed by atoms with Crippen LogP contribution in [0.3, 0.4) is 0 Å². The van der Waals surface area contributed by atoms with Crippen molar-refractivity contribution in [1.82, 2.24) is 9.21 Å². The van der Waals surface area contributed by atoms with Crippen molar-refractivity contribution in [1.29, 1.82) is 0 Å². The number of carbonyl (C=O) groups excluding carboxylic acids is 2. The molecule has 1 aliphatic heterocycles. The molecule has 2 rings (SSSR count). The number of hydrogen-bond acceptors (Lipinski definition) is 4. The summed E-state index contributed by atoms with van der Waals surface area (Å²) in [6, 6.07) is 4.21. The van der Waals surface area contributed by atoms with Crippen LogP contribution < -0.4 is 10.2 Å². The van der Waals surface area contributed by atoms with E-state index in [2.05, 4.69) is 5.32 Å². The fourth-order valence-electron chi connectivity index (χ4n) is 2.71. The fraction of sp³-hybridized carbons (Fsp3) is 0.500. The molecule has 2 amide bonds. The van der Waals surface area contributed by atoms with E-state index in [0.717, 1.165) is 9.21 Å². The van der Waals surface area contributed by atoms with Crippen molar-refractivity contribution < 1.29 is 22.9 Å². The zero-order valence-electron chi connectivity index (χ0n) is 15.1. The molecule has 0 aliphatic carbocycles. The summed E-state index contributed by atoms with van der Waals surface area (Å²) in [7, 11) is -0.739. The number of quaternary nitrogens is 1. The van der Waals surface area contributed by atoms with Crippen molar-refractivity contribution in [2.45, 2.75) is 11.8 Å². The third-order valence-corrected chi connectivity index (χ3v) is 6.46. The molecule has 0 unspecified atom stereocenters. The zero-order valence-corrected chi connectivity index (χ0v) is 16.7. The van der Waals surface area contributed by atoms with Gasteiger partial charge in [-0.3, -0.25) is 9.59 Å². The van der Waals surface area contributed by atoms with Crippen LogP contribution in [0.2, 0.25) is 5.02 Å². The lowest BCUT2D eigenvalue weighted by Crippen LogP contribution is -3.15. The van der Waals surface area contributed by atoms with E-state index in [-0.39, 0.29) is 34.0 Å². The third kappa shape index (κ3) is 4.94. The Bertz CT molecular complexity index is 789. The summed E-state index contributed by atoms with van der Waals surface area (Å²) < 4.78 is 25.5. The zero-order chi connectivity index (χ0) is 19.5. The van der Waals surface area contributed by atoms with E-state index in [1.165, 1.54) is 39.2 Å². The second-order valence-corrected chi connectivity index (χ2v) is 8.97. The molecule has 1 fully saturated rings. The average molecular weight is 404 g/mol. The van der Waals surface area contributed by atoms with Crippen molar-refractivity contribution in [3.8, 4) is 0 Å². The van der Waals surface area contributed by atoms with E-state index in [0.29, 0.717) is 26.2 Å². The van der Waals surface area contributed by atoms with Gasteiger partial charge in [0.2, 0.25) is 15.9 Å². The molecule has 0 saturated carbocycles. The molecule has 0 radical (unpaired) electrons. The van der Waals surface area contributed by atoms with Crippen molar-refractivity contribution in [2.75, 3.05) is 52.1 Å².